The Balaban J connectivity index is 1.53. The van der Waals surface area contributed by atoms with E-state index in [2.05, 4.69) is 41.9 Å². The topological polar surface area (TPSA) is 404 Å². The highest BCUT2D eigenvalue weighted by Gasteiger charge is 2.25. The molecule has 2 aromatic rings. The third kappa shape index (κ3) is 28.8. The molecular formula is C45H68N10O16S. The van der Waals surface area contributed by atoms with Crippen molar-refractivity contribution in [1.82, 2.24) is 46.6 Å². The van der Waals surface area contributed by atoms with Crippen LogP contribution in [0.25, 0.3) is 0 Å². The number of sulfonamides is 1. The molecule has 0 fully saturated rings. The largest absolute Gasteiger partial charge is 0.481 e. The quantitative estimate of drug-likeness (QED) is 0.0386. The van der Waals surface area contributed by atoms with Crippen molar-refractivity contribution in [3.8, 4) is 0 Å². The van der Waals surface area contributed by atoms with Crippen molar-refractivity contribution in [3.63, 3.8) is 0 Å². The highest BCUT2D eigenvalue weighted by molar-refractivity contribution is 7.90. The van der Waals surface area contributed by atoms with E-state index in [0.717, 1.165) is 5.56 Å². The van der Waals surface area contributed by atoms with E-state index in [9.17, 15) is 66.6 Å². The lowest BCUT2D eigenvalue weighted by Crippen LogP contribution is -2.45. The predicted octanol–water partition coefficient (Wildman–Crippen LogP) is -0.304. The maximum absolute atomic E-state index is 12.6. The molecule has 10 N–H and O–H groups in total. The number of aliphatic carboxylic acids is 2. The number of Topliss-reactive ketones (excluding diaryl/α,β-unsaturated/α-hetero) is 2. The van der Waals surface area contributed by atoms with Gasteiger partial charge in [0.05, 0.1) is 24.9 Å². The van der Waals surface area contributed by atoms with Crippen molar-refractivity contribution in [2.45, 2.75) is 128 Å². The van der Waals surface area contributed by atoms with Crippen molar-refractivity contribution < 1.29 is 76.0 Å². The number of hydrogen-bond acceptors (Lipinski definition) is 17. The van der Waals surface area contributed by atoms with Crippen LogP contribution in [0.4, 0.5) is 0 Å². The lowest BCUT2D eigenvalue weighted by atomic mass is 9.95. The number of carbonyl (C=O) groups is 10. The number of aromatic nitrogens is 4. The van der Waals surface area contributed by atoms with Crippen LogP contribution in [0.1, 0.15) is 124 Å². The number of nitrogens with two attached hydrogens (primary N) is 1. The van der Waals surface area contributed by atoms with Crippen molar-refractivity contribution in [3.05, 3.63) is 41.2 Å². The molecule has 0 aliphatic carbocycles. The summed E-state index contributed by atoms with van der Waals surface area (Å²) >= 11 is 0. The number of tetrazole rings is 1. The van der Waals surface area contributed by atoms with Crippen LogP contribution in [0.15, 0.2) is 24.3 Å². The second-order valence-corrected chi connectivity index (χ2v) is 18.7. The molecule has 0 spiro atoms. The van der Waals surface area contributed by atoms with E-state index in [1.54, 1.807) is 12.1 Å². The average molecular weight is 1040 g/mol. The Bertz CT molecular complexity index is 2190. The van der Waals surface area contributed by atoms with E-state index in [-0.39, 0.29) is 109 Å². The Kier molecular flexibility index (Phi) is 29.5. The average Bonchev–Trinajstić information content (AvgIpc) is 3.84. The number of rotatable bonds is 41. The van der Waals surface area contributed by atoms with Crippen LogP contribution in [-0.4, -0.2) is 156 Å². The summed E-state index contributed by atoms with van der Waals surface area (Å²) in [6.07, 6.45) is 0.566. The molecule has 26 nitrogen and oxygen atoms in total. The molecule has 0 aliphatic heterocycles. The van der Waals surface area contributed by atoms with E-state index in [4.69, 9.17) is 15.2 Å². The molecule has 1 heterocycles. The lowest BCUT2D eigenvalue weighted by Gasteiger charge is -2.16. The van der Waals surface area contributed by atoms with Crippen molar-refractivity contribution in [2.75, 3.05) is 45.3 Å². The smallest absolute Gasteiger partial charge is 0.326 e. The second kappa shape index (κ2) is 34.6. The SMILES string of the molecule is Cc1ccc(C(=O)NCCCCC(NC(=O)COCCOCCCC(=O)CCC(NC(=O)CCC(CC(=O)CCCNC(=O)CCCS(=O)(=O)NC(=O)CCCc2nn[nH]n2)C(=O)O)C(=O)O)C(N)=O)cc1. The number of unbranched alkanes of at least 4 members (excludes halogenated alkanes) is 1. The molecule has 3 atom stereocenters. The lowest BCUT2D eigenvalue weighted by molar-refractivity contribution is -0.145. The van der Waals surface area contributed by atoms with Gasteiger partial charge in [-0.15, -0.1) is 10.2 Å². The van der Waals surface area contributed by atoms with Gasteiger partial charge in [0.25, 0.3) is 5.91 Å². The summed E-state index contributed by atoms with van der Waals surface area (Å²) in [5.74, 6) is -8.25. The standard InChI is InChI=1S/C45H68N10O16S/c1-30-14-16-31(17-15-30)43(63)48-22-3-2-10-35(42(46)62)49-41(61)29-71-26-25-70-24-6-9-33(56)19-20-36(45(66)67)50-39(59)21-18-32(44(64)65)28-34(57)8-5-23-47-38(58)13-7-27-72(68,69)53-40(60)12-4-11-37-51-54-55-52-37/h14-17,32,35-36H,2-13,18-29H2,1H3,(H2,46,62)(H,47,58)(H,48,63)(H,49,61)(H,50,59)(H,53,60)(H,64,65)(H,66,67)(H,51,52,54,55). The number of primary amides is 1. The third-order valence-corrected chi connectivity index (χ3v) is 12.0. The van der Waals surface area contributed by atoms with Crippen LogP contribution in [-0.2, 0) is 69.1 Å². The molecule has 72 heavy (non-hydrogen) atoms. The van der Waals surface area contributed by atoms with Gasteiger partial charge in [-0.2, -0.15) is 5.21 Å². The molecule has 27 heteroatoms. The first-order valence-electron chi connectivity index (χ1n) is 23.6. The number of amides is 6. The fraction of sp³-hybridized carbons (Fsp3) is 0.622. The zero-order chi connectivity index (χ0) is 53.3. The molecule has 1 aromatic heterocycles. The summed E-state index contributed by atoms with van der Waals surface area (Å²) in [6.45, 7) is 2.28. The van der Waals surface area contributed by atoms with Gasteiger partial charge in [-0.05, 0) is 76.8 Å². The van der Waals surface area contributed by atoms with Gasteiger partial charge in [0, 0.05) is 76.6 Å². The highest BCUT2D eigenvalue weighted by Crippen LogP contribution is 2.15. The fourth-order valence-electron chi connectivity index (χ4n) is 6.70. The number of ketones is 2. The van der Waals surface area contributed by atoms with Crippen molar-refractivity contribution in [1.29, 1.82) is 0 Å². The molecule has 0 saturated carbocycles. The highest BCUT2D eigenvalue weighted by atomic mass is 32.2. The molecule has 0 radical (unpaired) electrons. The number of nitrogens with zero attached hydrogens (tertiary/aromatic N) is 3. The Morgan fingerprint density at radius 1 is 0.667 bits per heavy atom. The van der Waals surface area contributed by atoms with E-state index < -0.39 is 93.9 Å². The number of aromatic amines is 1. The van der Waals surface area contributed by atoms with E-state index in [1.807, 2.05) is 23.8 Å². The number of aryl methyl sites for hydroxylation is 2. The molecule has 400 valence electrons. The normalized spacial score (nSPS) is 12.4. The minimum atomic E-state index is -3.97. The van der Waals surface area contributed by atoms with Crippen LogP contribution in [0, 0.1) is 12.8 Å². The first-order valence-corrected chi connectivity index (χ1v) is 25.3. The zero-order valence-corrected chi connectivity index (χ0v) is 41.3. The molecule has 1 aromatic carbocycles. The number of carboxylic acids is 2. The number of carboxylic acid groups (broad SMARTS) is 2. The van der Waals surface area contributed by atoms with Gasteiger partial charge in [-0.25, -0.2) is 13.2 Å². The van der Waals surface area contributed by atoms with Gasteiger partial charge in [0.1, 0.15) is 30.3 Å². The van der Waals surface area contributed by atoms with E-state index >= 15 is 0 Å². The van der Waals surface area contributed by atoms with Crippen LogP contribution in [0.5, 0.6) is 0 Å². The van der Waals surface area contributed by atoms with Crippen molar-refractivity contribution >= 4 is 69.0 Å². The molecule has 0 bridgehead atoms. The van der Waals surface area contributed by atoms with Gasteiger partial charge in [0.2, 0.25) is 39.6 Å². The Morgan fingerprint density at radius 2 is 1.35 bits per heavy atom. The fourth-order valence-corrected chi connectivity index (χ4v) is 7.78. The predicted molar refractivity (Wildman–Crippen MR) is 254 cm³/mol. The van der Waals surface area contributed by atoms with Gasteiger partial charge in [-0.3, -0.25) is 47.9 Å². The Morgan fingerprint density at radius 3 is 2.03 bits per heavy atom. The second-order valence-electron chi connectivity index (χ2n) is 16.8. The number of carbonyl (C=O) groups excluding carboxylic acids is 8. The van der Waals surface area contributed by atoms with Gasteiger partial charge >= 0.3 is 11.9 Å². The number of benzene rings is 1. The van der Waals surface area contributed by atoms with Crippen LogP contribution in [0.2, 0.25) is 0 Å². The van der Waals surface area contributed by atoms with Gasteiger partial charge < -0.3 is 46.7 Å². The molecule has 6 amide bonds. The summed E-state index contributed by atoms with van der Waals surface area (Å²) in [6, 6.07) is 4.80. The maximum atomic E-state index is 12.6. The maximum Gasteiger partial charge on any atom is 0.326 e. The monoisotopic (exact) mass is 1040 g/mol. The molecule has 0 aliphatic rings. The summed E-state index contributed by atoms with van der Waals surface area (Å²) in [7, 11) is -3.97. The van der Waals surface area contributed by atoms with E-state index in [1.165, 1.54) is 0 Å². The van der Waals surface area contributed by atoms with Crippen LogP contribution >= 0.6 is 0 Å². The third-order valence-electron chi connectivity index (χ3n) is 10.7. The van der Waals surface area contributed by atoms with Gasteiger partial charge in [0.15, 0.2) is 5.82 Å². The number of nitrogens with one attached hydrogen (secondary N) is 6. The minimum Gasteiger partial charge on any atom is -0.481 e. The summed E-state index contributed by atoms with van der Waals surface area (Å²) in [4.78, 5) is 122. The first-order chi connectivity index (χ1) is 34.2. The van der Waals surface area contributed by atoms with E-state index in [0.29, 0.717) is 50.0 Å². The first kappa shape index (κ1) is 61.4. The molecule has 2 rings (SSSR count). The van der Waals surface area contributed by atoms with Crippen LogP contribution in [0.3, 0.4) is 0 Å². The molecular weight excluding hydrogens is 969 g/mol. The summed E-state index contributed by atoms with van der Waals surface area (Å²) in [5.41, 5.74) is 7.01. The Labute approximate surface area is 416 Å². The molecule has 0 saturated heterocycles. The summed E-state index contributed by atoms with van der Waals surface area (Å²) in [5, 5.41) is 42.5. The Hall–Kier alpha value is -6.74. The zero-order valence-electron chi connectivity index (χ0n) is 40.4. The number of ether oxygens (including phenoxy) is 2. The summed E-state index contributed by atoms with van der Waals surface area (Å²) < 4.78 is 37.0. The molecule has 3 unspecified atom stereocenters. The minimum absolute atomic E-state index is 0.0357. The van der Waals surface area contributed by atoms with Crippen LogP contribution < -0.4 is 31.7 Å². The number of hydrogen-bond donors (Lipinski definition) is 9. The van der Waals surface area contributed by atoms with Crippen molar-refractivity contribution in [2.24, 2.45) is 11.7 Å². The van der Waals surface area contributed by atoms with Gasteiger partial charge in [-0.1, -0.05) is 22.9 Å². The number of H-pyrrole nitrogens is 1.